The maximum atomic E-state index is 12.4. The summed E-state index contributed by atoms with van der Waals surface area (Å²) < 4.78 is 4.83. The summed E-state index contributed by atoms with van der Waals surface area (Å²) in [5, 5.41) is 22.8. The van der Waals surface area contributed by atoms with Crippen LogP contribution in [0.3, 0.4) is 0 Å². The van der Waals surface area contributed by atoms with Crippen molar-refractivity contribution < 1.29 is 29.3 Å². The Labute approximate surface area is 134 Å². The number of methoxy groups -OCH3 is 1. The van der Waals surface area contributed by atoms with Crippen LogP contribution in [0.15, 0.2) is 36.4 Å². The number of benzene rings is 1. The van der Waals surface area contributed by atoms with Crippen molar-refractivity contribution in [2.75, 3.05) is 13.7 Å². The first-order chi connectivity index (χ1) is 10.7. The number of ketones is 1. The number of rotatable bonds is 9. The van der Waals surface area contributed by atoms with Crippen molar-refractivity contribution in [3.05, 3.63) is 47.5 Å². The Hall–Kier alpha value is -2.47. The third-order valence-electron chi connectivity index (χ3n) is 3.75. The molecule has 1 atom stereocenters. The van der Waals surface area contributed by atoms with E-state index in [-0.39, 0.29) is 13.0 Å². The van der Waals surface area contributed by atoms with Crippen LogP contribution in [0, 0.1) is 12.3 Å². The van der Waals surface area contributed by atoms with Crippen molar-refractivity contribution in [1.82, 2.24) is 0 Å². The van der Waals surface area contributed by atoms with Gasteiger partial charge in [0.05, 0.1) is 11.9 Å². The van der Waals surface area contributed by atoms with E-state index < -0.39 is 35.1 Å². The minimum Gasteiger partial charge on any atom is -0.549 e. The van der Waals surface area contributed by atoms with Crippen LogP contribution in [-0.2, 0) is 14.3 Å². The predicted molar refractivity (Wildman–Crippen MR) is 78.2 cm³/mol. The zero-order valence-corrected chi connectivity index (χ0v) is 13.1. The maximum absolute atomic E-state index is 12.4. The van der Waals surface area contributed by atoms with Gasteiger partial charge in [-0.05, 0) is 25.0 Å². The molecule has 0 amide bonds. The van der Waals surface area contributed by atoms with E-state index in [1.807, 2.05) is 0 Å². The van der Waals surface area contributed by atoms with E-state index in [1.54, 1.807) is 25.1 Å². The van der Waals surface area contributed by atoms with Gasteiger partial charge in [0.15, 0.2) is 5.78 Å². The number of carbonyl (C=O) groups excluding carboxylic acids is 3. The van der Waals surface area contributed by atoms with Gasteiger partial charge in [0, 0.05) is 31.1 Å². The van der Waals surface area contributed by atoms with Gasteiger partial charge in [-0.25, -0.2) is 0 Å². The van der Waals surface area contributed by atoms with Crippen LogP contribution < -0.4 is 10.2 Å². The minimum absolute atomic E-state index is 0.0681. The Kier molecular flexibility index (Phi) is 6.21. The number of aryl methyl sites for hydroxylation is 1. The highest BCUT2D eigenvalue weighted by Crippen LogP contribution is 2.35. The molecule has 6 heteroatoms. The van der Waals surface area contributed by atoms with Crippen molar-refractivity contribution >= 4 is 17.7 Å². The maximum Gasteiger partial charge on any atom is 0.164 e. The number of hydrogen-bond acceptors (Lipinski definition) is 6. The third-order valence-corrected chi connectivity index (χ3v) is 3.75. The smallest absolute Gasteiger partial charge is 0.164 e. The summed E-state index contributed by atoms with van der Waals surface area (Å²) in [6.45, 7) is 4.99. The highest BCUT2D eigenvalue weighted by atomic mass is 16.5. The Morgan fingerprint density at radius 1 is 1.26 bits per heavy atom. The normalized spacial score (nSPS) is 13.1. The molecule has 0 spiro atoms. The highest BCUT2D eigenvalue weighted by Gasteiger charge is 2.38. The van der Waals surface area contributed by atoms with Gasteiger partial charge in [0.1, 0.15) is 0 Å². The van der Waals surface area contributed by atoms with Crippen LogP contribution >= 0.6 is 0 Å². The lowest BCUT2D eigenvalue weighted by Crippen LogP contribution is -2.49. The van der Waals surface area contributed by atoms with E-state index in [9.17, 15) is 24.6 Å². The summed E-state index contributed by atoms with van der Waals surface area (Å²) >= 11 is 0. The topological polar surface area (TPSA) is 107 Å². The van der Waals surface area contributed by atoms with Crippen LogP contribution in [0.1, 0.15) is 28.8 Å². The molecule has 1 aromatic carbocycles. The van der Waals surface area contributed by atoms with Crippen LogP contribution in [-0.4, -0.2) is 31.4 Å². The summed E-state index contributed by atoms with van der Waals surface area (Å²) in [5.41, 5.74) is -1.66. The summed E-state index contributed by atoms with van der Waals surface area (Å²) in [4.78, 5) is 35.2. The van der Waals surface area contributed by atoms with Crippen LogP contribution in [0.4, 0.5) is 0 Å². The van der Waals surface area contributed by atoms with Gasteiger partial charge in [-0.1, -0.05) is 30.3 Å². The van der Waals surface area contributed by atoms with Crippen molar-refractivity contribution in [2.24, 2.45) is 5.41 Å². The predicted octanol–water partition coefficient (Wildman–Crippen LogP) is -0.353. The Balaban J connectivity index is 3.22. The molecule has 0 aromatic heterocycles. The van der Waals surface area contributed by atoms with Gasteiger partial charge >= 0.3 is 0 Å². The molecule has 0 saturated carbocycles. The standard InChI is InChI=1S/C17H20O6/c1-11-5-4-6-13(9-11)14(18)10-17(16(21)22,7-8-23-3)12(2)15(19)20/h4-6,9H,2,7-8,10H2,1,3H3,(H,19,20)(H,21,22)/p-2. The zero-order valence-electron chi connectivity index (χ0n) is 13.1. The lowest BCUT2D eigenvalue weighted by atomic mass is 9.73. The fourth-order valence-electron chi connectivity index (χ4n) is 2.31. The first kappa shape index (κ1) is 18.6. The van der Waals surface area contributed by atoms with Gasteiger partial charge in [-0.3, -0.25) is 4.79 Å². The van der Waals surface area contributed by atoms with Crippen molar-refractivity contribution in [1.29, 1.82) is 0 Å². The molecule has 1 rings (SSSR count). The minimum atomic E-state index is -2.07. The van der Waals surface area contributed by atoms with Crippen molar-refractivity contribution in [2.45, 2.75) is 19.8 Å². The molecule has 23 heavy (non-hydrogen) atoms. The van der Waals surface area contributed by atoms with Crippen LogP contribution in [0.2, 0.25) is 0 Å². The molecular weight excluding hydrogens is 300 g/mol. The number of Topliss-reactive ketones (excluding diaryl/α,β-unsaturated/α-hetero) is 1. The van der Waals surface area contributed by atoms with Crippen molar-refractivity contribution in [3.63, 3.8) is 0 Å². The van der Waals surface area contributed by atoms with Gasteiger partial charge in [0.2, 0.25) is 0 Å². The monoisotopic (exact) mass is 318 g/mol. The molecule has 0 fully saturated rings. The van der Waals surface area contributed by atoms with Gasteiger partial charge in [0.25, 0.3) is 0 Å². The molecule has 1 unspecified atom stereocenters. The molecule has 0 aliphatic heterocycles. The molecule has 0 radical (unpaired) electrons. The summed E-state index contributed by atoms with van der Waals surface area (Å²) in [6.07, 6.45) is -0.842. The SMILES string of the molecule is C=C(C(=O)[O-])C(CCOC)(CC(=O)c1cccc(C)c1)C(=O)[O-]. The number of carbonyl (C=O) groups is 3. The van der Waals surface area contributed by atoms with Gasteiger partial charge in [-0.15, -0.1) is 0 Å². The van der Waals surface area contributed by atoms with Crippen LogP contribution in [0.5, 0.6) is 0 Å². The molecule has 0 aliphatic rings. The third kappa shape index (κ3) is 4.26. The summed E-state index contributed by atoms with van der Waals surface area (Å²) in [6, 6.07) is 6.58. The number of ether oxygens (including phenoxy) is 1. The average Bonchev–Trinajstić information content (AvgIpc) is 2.50. The fraction of sp³-hybridized carbons (Fsp3) is 0.353. The van der Waals surface area contributed by atoms with E-state index >= 15 is 0 Å². The second-order valence-electron chi connectivity index (χ2n) is 5.35. The lowest BCUT2D eigenvalue weighted by Gasteiger charge is -2.36. The van der Waals surface area contributed by atoms with E-state index in [2.05, 4.69) is 6.58 Å². The van der Waals surface area contributed by atoms with Gasteiger partial charge in [-0.2, -0.15) is 0 Å². The molecule has 0 heterocycles. The number of carboxylic acids is 2. The van der Waals surface area contributed by atoms with E-state index in [1.165, 1.54) is 13.2 Å². The van der Waals surface area contributed by atoms with Crippen molar-refractivity contribution in [3.8, 4) is 0 Å². The summed E-state index contributed by atoms with van der Waals surface area (Å²) in [5.74, 6) is -3.94. The number of carboxylic acid groups (broad SMARTS) is 2. The molecule has 0 N–H and O–H groups in total. The zero-order chi connectivity index (χ0) is 17.6. The molecule has 0 bridgehead atoms. The molecule has 6 nitrogen and oxygen atoms in total. The average molecular weight is 318 g/mol. The quantitative estimate of drug-likeness (QED) is 0.455. The number of hydrogen-bond donors (Lipinski definition) is 0. The highest BCUT2D eigenvalue weighted by molar-refractivity contribution is 6.03. The number of aliphatic carboxylic acids is 2. The molecule has 0 aliphatic carbocycles. The molecule has 124 valence electrons. The molecular formula is C17H18O6-2. The Morgan fingerprint density at radius 3 is 2.39 bits per heavy atom. The van der Waals surface area contributed by atoms with E-state index in [0.717, 1.165) is 5.56 Å². The molecule has 0 saturated heterocycles. The van der Waals surface area contributed by atoms with E-state index in [4.69, 9.17) is 4.74 Å². The molecule has 1 aromatic rings. The van der Waals surface area contributed by atoms with Crippen LogP contribution in [0.25, 0.3) is 0 Å². The van der Waals surface area contributed by atoms with Gasteiger partial charge < -0.3 is 24.5 Å². The summed E-state index contributed by atoms with van der Waals surface area (Å²) in [7, 11) is 1.34. The first-order valence-corrected chi connectivity index (χ1v) is 6.95. The fourth-order valence-corrected chi connectivity index (χ4v) is 2.31. The first-order valence-electron chi connectivity index (χ1n) is 6.95. The Morgan fingerprint density at radius 2 is 1.91 bits per heavy atom. The lowest BCUT2D eigenvalue weighted by molar-refractivity contribution is -0.322. The largest absolute Gasteiger partial charge is 0.549 e. The second kappa shape index (κ2) is 7.69. The Bertz CT molecular complexity index is 634. The van der Waals surface area contributed by atoms with E-state index in [0.29, 0.717) is 5.56 Å². The second-order valence-corrected chi connectivity index (χ2v) is 5.35.